The van der Waals surface area contributed by atoms with E-state index in [4.69, 9.17) is 33.8 Å². The normalized spacial score (nSPS) is 10.2. The molecular formula is C11H10Cl2N4O. The molecule has 94 valence electrons. The average Bonchev–Trinajstić information content (AvgIpc) is 2.37. The number of nitrogen functional groups attached to an aromatic ring is 1. The smallest absolute Gasteiger partial charge is 0.227 e. The Balaban J connectivity index is 2.37. The number of ether oxygens (including phenoxy) is 1. The number of aromatic nitrogens is 2. The molecule has 0 aliphatic rings. The summed E-state index contributed by atoms with van der Waals surface area (Å²) in [6.45, 7) is 1.78. The number of halogens is 2. The Labute approximate surface area is 114 Å². The molecule has 7 heteroatoms. The van der Waals surface area contributed by atoms with Gasteiger partial charge in [-0.05, 0) is 19.1 Å². The van der Waals surface area contributed by atoms with Gasteiger partial charge in [0.25, 0.3) is 0 Å². The maximum absolute atomic E-state index is 6.03. The van der Waals surface area contributed by atoms with E-state index in [1.807, 2.05) is 0 Å². The minimum absolute atomic E-state index is 0.333. The zero-order valence-corrected chi connectivity index (χ0v) is 11.0. The number of hydrogen-bond donors (Lipinski definition) is 2. The Morgan fingerprint density at radius 2 is 2.06 bits per heavy atom. The number of nitrogens with two attached hydrogens (primary N) is 1. The first-order valence-corrected chi connectivity index (χ1v) is 5.79. The second-order valence-electron chi connectivity index (χ2n) is 3.45. The summed E-state index contributed by atoms with van der Waals surface area (Å²) >= 11 is 11.9. The van der Waals surface area contributed by atoms with Crippen molar-refractivity contribution in [1.82, 2.24) is 9.97 Å². The Morgan fingerprint density at radius 3 is 2.78 bits per heavy atom. The number of rotatable bonds is 3. The van der Waals surface area contributed by atoms with Crippen molar-refractivity contribution in [3.05, 3.63) is 40.1 Å². The van der Waals surface area contributed by atoms with Crippen LogP contribution in [0.3, 0.4) is 0 Å². The van der Waals surface area contributed by atoms with Crippen LogP contribution in [0.1, 0.15) is 5.56 Å². The lowest BCUT2D eigenvalue weighted by atomic mass is 10.3. The molecule has 2 aromatic rings. The predicted octanol–water partition coefficient (Wildman–Crippen LogP) is 3.17. The van der Waals surface area contributed by atoms with Crippen molar-refractivity contribution in [2.45, 2.75) is 6.92 Å². The van der Waals surface area contributed by atoms with E-state index in [9.17, 15) is 0 Å². The second kappa shape index (κ2) is 5.39. The summed E-state index contributed by atoms with van der Waals surface area (Å²) in [4.78, 5) is 7.98. The molecule has 2 rings (SSSR count). The van der Waals surface area contributed by atoms with E-state index < -0.39 is 0 Å². The van der Waals surface area contributed by atoms with Gasteiger partial charge < -0.3 is 10.2 Å². The summed E-state index contributed by atoms with van der Waals surface area (Å²) in [6.07, 6.45) is 1.34. The fourth-order valence-corrected chi connectivity index (χ4v) is 1.68. The molecule has 0 saturated heterocycles. The molecular weight excluding hydrogens is 275 g/mol. The summed E-state index contributed by atoms with van der Waals surface area (Å²) in [7, 11) is 0. The van der Waals surface area contributed by atoms with Gasteiger partial charge in [-0.1, -0.05) is 29.3 Å². The molecule has 0 spiro atoms. The van der Waals surface area contributed by atoms with Crippen LogP contribution in [0.4, 0.5) is 5.82 Å². The first-order valence-electron chi connectivity index (χ1n) is 5.03. The molecule has 1 aromatic carbocycles. The quantitative estimate of drug-likeness (QED) is 0.669. The highest BCUT2D eigenvalue weighted by atomic mass is 35.5. The maximum Gasteiger partial charge on any atom is 0.227 e. The Hall–Kier alpha value is -1.56. The third-order valence-electron chi connectivity index (χ3n) is 2.30. The molecule has 0 fully saturated rings. The zero-order chi connectivity index (χ0) is 13.1. The fraction of sp³-hybridized carbons (Fsp3) is 0.0909. The lowest BCUT2D eigenvalue weighted by Crippen LogP contribution is -2.11. The van der Waals surface area contributed by atoms with E-state index in [-0.39, 0.29) is 0 Å². The summed E-state index contributed by atoms with van der Waals surface area (Å²) in [6, 6.07) is 5.12. The standard InChI is InChI=1S/C11H10Cl2N4O/c1-6-10(17-14)15-5-16-11(6)18-8-4-2-3-7(12)9(8)13/h2-5H,14H2,1H3,(H,15,16,17). The Kier molecular flexibility index (Phi) is 3.86. The molecule has 18 heavy (non-hydrogen) atoms. The van der Waals surface area contributed by atoms with Gasteiger partial charge in [0.05, 0.1) is 10.6 Å². The average molecular weight is 285 g/mol. The van der Waals surface area contributed by atoms with Gasteiger partial charge in [0.15, 0.2) is 0 Å². The lowest BCUT2D eigenvalue weighted by molar-refractivity contribution is 0.458. The van der Waals surface area contributed by atoms with E-state index in [1.165, 1.54) is 6.33 Å². The Bertz CT molecular complexity index is 577. The highest BCUT2D eigenvalue weighted by Crippen LogP contribution is 2.35. The highest BCUT2D eigenvalue weighted by Gasteiger charge is 2.11. The molecule has 0 aliphatic carbocycles. The number of benzene rings is 1. The topological polar surface area (TPSA) is 73.1 Å². The van der Waals surface area contributed by atoms with Gasteiger partial charge in [0, 0.05) is 0 Å². The van der Waals surface area contributed by atoms with E-state index in [1.54, 1.807) is 25.1 Å². The van der Waals surface area contributed by atoms with Gasteiger partial charge in [0.2, 0.25) is 5.88 Å². The van der Waals surface area contributed by atoms with Gasteiger partial charge in [-0.3, -0.25) is 0 Å². The van der Waals surface area contributed by atoms with Gasteiger partial charge in [-0.15, -0.1) is 0 Å². The summed E-state index contributed by atoms with van der Waals surface area (Å²) in [5.41, 5.74) is 3.13. The van der Waals surface area contributed by atoms with Crippen LogP contribution in [0.15, 0.2) is 24.5 Å². The Morgan fingerprint density at radius 1 is 1.28 bits per heavy atom. The van der Waals surface area contributed by atoms with Crippen molar-refractivity contribution < 1.29 is 4.74 Å². The molecule has 1 heterocycles. The first kappa shape index (κ1) is 12.9. The van der Waals surface area contributed by atoms with Gasteiger partial charge >= 0.3 is 0 Å². The number of hydrazine groups is 1. The van der Waals surface area contributed by atoms with E-state index >= 15 is 0 Å². The molecule has 0 atom stereocenters. The molecule has 1 aromatic heterocycles. The van der Waals surface area contributed by atoms with Crippen molar-refractivity contribution in [3.8, 4) is 11.6 Å². The van der Waals surface area contributed by atoms with Crippen LogP contribution >= 0.6 is 23.2 Å². The van der Waals surface area contributed by atoms with Crippen LogP contribution in [0.2, 0.25) is 10.0 Å². The van der Waals surface area contributed by atoms with E-state index in [2.05, 4.69) is 15.4 Å². The predicted molar refractivity (Wildman–Crippen MR) is 71.1 cm³/mol. The van der Waals surface area contributed by atoms with Crippen LogP contribution < -0.4 is 16.0 Å². The molecule has 3 N–H and O–H groups in total. The zero-order valence-electron chi connectivity index (χ0n) is 9.45. The van der Waals surface area contributed by atoms with Crippen molar-refractivity contribution in [3.63, 3.8) is 0 Å². The van der Waals surface area contributed by atoms with Crippen molar-refractivity contribution in [2.75, 3.05) is 5.43 Å². The molecule has 0 aliphatic heterocycles. The molecule has 5 nitrogen and oxygen atoms in total. The number of hydrogen-bond acceptors (Lipinski definition) is 5. The van der Waals surface area contributed by atoms with E-state index in [0.29, 0.717) is 33.1 Å². The number of nitrogens with zero attached hydrogens (tertiary/aromatic N) is 2. The maximum atomic E-state index is 6.03. The second-order valence-corrected chi connectivity index (χ2v) is 4.24. The van der Waals surface area contributed by atoms with Gasteiger partial charge in [-0.25, -0.2) is 15.8 Å². The molecule has 0 unspecified atom stereocenters. The van der Waals surface area contributed by atoms with Crippen molar-refractivity contribution in [1.29, 1.82) is 0 Å². The highest BCUT2D eigenvalue weighted by molar-refractivity contribution is 6.42. The lowest BCUT2D eigenvalue weighted by Gasteiger charge is -2.11. The summed E-state index contributed by atoms with van der Waals surface area (Å²) in [5.74, 6) is 6.60. The third-order valence-corrected chi connectivity index (χ3v) is 3.10. The summed E-state index contributed by atoms with van der Waals surface area (Å²) in [5, 5.41) is 0.748. The number of anilines is 1. The van der Waals surface area contributed by atoms with Crippen molar-refractivity contribution >= 4 is 29.0 Å². The monoisotopic (exact) mass is 284 g/mol. The SMILES string of the molecule is Cc1c(NN)ncnc1Oc1cccc(Cl)c1Cl. The van der Waals surface area contributed by atoms with E-state index in [0.717, 1.165) is 0 Å². The molecule has 0 radical (unpaired) electrons. The summed E-state index contributed by atoms with van der Waals surface area (Å²) < 4.78 is 5.60. The van der Waals surface area contributed by atoms with Crippen LogP contribution in [0.5, 0.6) is 11.6 Å². The van der Waals surface area contributed by atoms with Gasteiger partial charge in [0.1, 0.15) is 22.9 Å². The van der Waals surface area contributed by atoms with Crippen LogP contribution in [-0.2, 0) is 0 Å². The first-order chi connectivity index (χ1) is 8.63. The fourth-order valence-electron chi connectivity index (χ4n) is 1.35. The minimum atomic E-state index is 0.333. The van der Waals surface area contributed by atoms with Crippen LogP contribution in [0.25, 0.3) is 0 Å². The molecule has 0 bridgehead atoms. The van der Waals surface area contributed by atoms with Crippen LogP contribution in [-0.4, -0.2) is 9.97 Å². The van der Waals surface area contributed by atoms with Crippen molar-refractivity contribution in [2.24, 2.45) is 5.84 Å². The van der Waals surface area contributed by atoms with Crippen LogP contribution in [0, 0.1) is 6.92 Å². The van der Waals surface area contributed by atoms with Gasteiger partial charge in [-0.2, -0.15) is 0 Å². The number of nitrogens with one attached hydrogen (secondary N) is 1. The minimum Gasteiger partial charge on any atom is -0.437 e. The largest absolute Gasteiger partial charge is 0.437 e. The molecule has 0 saturated carbocycles. The molecule has 0 amide bonds. The third kappa shape index (κ3) is 2.48.